The third-order valence-electron chi connectivity index (χ3n) is 4.99. The Morgan fingerprint density at radius 1 is 1.29 bits per heavy atom. The van der Waals surface area contributed by atoms with Crippen LogP contribution in [0.2, 0.25) is 0 Å². The third kappa shape index (κ3) is 1.22. The van der Waals surface area contributed by atoms with Gasteiger partial charge < -0.3 is 5.11 Å². The van der Waals surface area contributed by atoms with Gasteiger partial charge in [-0.1, -0.05) is 26.8 Å². The van der Waals surface area contributed by atoms with E-state index in [4.69, 9.17) is 0 Å². The first-order valence-corrected chi connectivity index (χ1v) is 6.43. The Hall–Kier alpha value is -0.890. The standard InChI is InChI=1S/C15H20O2/c1-8-12-11(16)7-15(12,4)10-6-14(2,3)5-9(10)13(8)17/h5,10-11,16H,6-7H2,1-4H3/t10-,11+,15+/m0/s1. The molecule has 0 unspecified atom stereocenters. The van der Waals surface area contributed by atoms with E-state index in [9.17, 15) is 9.90 Å². The fourth-order valence-electron chi connectivity index (χ4n) is 4.22. The van der Waals surface area contributed by atoms with E-state index in [1.54, 1.807) is 0 Å². The minimum absolute atomic E-state index is 0.0387. The molecule has 92 valence electrons. The summed E-state index contributed by atoms with van der Waals surface area (Å²) in [5, 5.41) is 9.92. The number of ketones is 1. The van der Waals surface area contributed by atoms with Crippen molar-refractivity contribution in [2.24, 2.45) is 16.7 Å². The number of hydrogen-bond donors (Lipinski definition) is 1. The van der Waals surface area contributed by atoms with Crippen LogP contribution in [0.3, 0.4) is 0 Å². The van der Waals surface area contributed by atoms with Crippen molar-refractivity contribution >= 4 is 5.78 Å². The molecule has 17 heavy (non-hydrogen) atoms. The van der Waals surface area contributed by atoms with Gasteiger partial charge in [-0.2, -0.15) is 0 Å². The van der Waals surface area contributed by atoms with Gasteiger partial charge in [0, 0.05) is 11.0 Å². The van der Waals surface area contributed by atoms with E-state index >= 15 is 0 Å². The second-order valence-corrected chi connectivity index (χ2v) is 6.85. The molecule has 3 atom stereocenters. The van der Waals surface area contributed by atoms with Crippen molar-refractivity contribution in [3.8, 4) is 0 Å². The van der Waals surface area contributed by atoms with Crippen LogP contribution in [0.4, 0.5) is 0 Å². The summed E-state index contributed by atoms with van der Waals surface area (Å²) in [7, 11) is 0. The van der Waals surface area contributed by atoms with Crippen LogP contribution < -0.4 is 0 Å². The molecule has 3 aliphatic rings. The molecular formula is C15H20O2. The number of Topliss-reactive ketones (excluding diaryl/α,β-unsaturated/α-hetero) is 1. The first kappa shape index (κ1) is 11.2. The maximum absolute atomic E-state index is 12.3. The average molecular weight is 232 g/mol. The van der Waals surface area contributed by atoms with Crippen LogP contribution in [-0.4, -0.2) is 17.0 Å². The van der Waals surface area contributed by atoms with E-state index in [2.05, 4.69) is 26.8 Å². The summed E-state index contributed by atoms with van der Waals surface area (Å²) >= 11 is 0. The Balaban J connectivity index is 2.15. The van der Waals surface area contributed by atoms with Crippen LogP contribution in [0.15, 0.2) is 22.8 Å². The zero-order valence-corrected chi connectivity index (χ0v) is 11.0. The summed E-state index contributed by atoms with van der Waals surface area (Å²) in [4.78, 5) is 12.3. The quantitative estimate of drug-likeness (QED) is 0.697. The molecule has 0 aromatic carbocycles. The Morgan fingerprint density at radius 3 is 2.53 bits per heavy atom. The van der Waals surface area contributed by atoms with Crippen LogP contribution in [0.5, 0.6) is 0 Å². The van der Waals surface area contributed by atoms with Crippen molar-refractivity contribution in [1.82, 2.24) is 0 Å². The van der Waals surface area contributed by atoms with Gasteiger partial charge in [-0.05, 0) is 42.2 Å². The molecule has 0 bridgehead atoms. The number of aliphatic hydroxyl groups excluding tert-OH is 1. The molecule has 0 heterocycles. The first-order valence-electron chi connectivity index (χ1n) is 6.43. The molecule has 0 radical (unpaired) electrons. The van der Waals surface area contributed by atoms with Crippen molar-refractivity contribution in [3.63, 3.8) is 0 Å². The van der Waals surface area contributed by atoms with Gasteiger partial charge in [-0.25, -0.2) is 0 Å². The van der Waals surface area contributed by atoms with Gasteiger partial charge in [0.15, 0.2) is 5.78 Å². The molecule has 3 aliphatic carbocycles. The van der Waals surface area contributed by atoms with Gasteiger partial charge in [0.2, 0.25) is 0 Å². The zero-order valence-electron chi connectivity index (χ0n) is 11.0. The summed E-state index contributed by atoms with van der Waals surface area (Å²) in [5.74, 6) is 0.499. The second kappa shape index (κ2) is 2.92. The van der Waals surface area contributed by atoms with Crippen molar-refractivity contribution < 1.29 is 9.90 Å². The molecule has 2 nitrogen and oxygen atoms in total. The topological polar surface area (TPSA) is 37.3 Å². The second-order valence-electron chi connectivity index (χ2n) is 6.85. The molecule has 1 saturated carbocycles. The van der Waals surface area contributed by atoms with Gasteiger partial charge >= 0.3 is 0 Å². The van der Waals surface area contributed by atoms with E-state index in [-0.39, 0.29) is 22.7 Å². The Morgan fingerprint density at radius 2 is 1.94 bits per heavy atom. The molecule has 0 amide bonds. The van der Waals surface area contributed by atoms with Crippen LogP contribution in [-0.2, 0) is 4.79 Å². The molecule has 2 heteroatoms. The molecule has 0 saturated heterocycles. The van der Waals surface area contributed by atoms with Crippen molar-refractivity contribution in [3.05, 3.63) is 22.8 Å². The number of hydrogen-bond acceptors (Lipinski definition) is 2. The summed E-state index contributed by atoms with van der Waals surface area (Å²) in [5.41, 5.74) is 2.98. The van der Waals surface area contributed by atoms with Gasteiger partial charge in [0.1, 0.15) is 0 Å². The summed E-state index contributed by atoms with van der Waals surface area (Å²) in [6.45, 7) is 8.48. The summed E-state index contributed by atoms with van der Waals surface area (Å²) in [6, 6.07) is 0. The summed E-state index contributed by atoms with van der Waals surface area (Å²) < 4.78 is 0. The molecule has 1 N–H and O–H groups in total. The largest absolute Gasteiger partial charge is 0.389 e. The smallest absolute Gasteiger partial charge is 0.184 e. The van der Waals surface area contributed by atoms with Gasteiger partial charge in [-0.15, -0.1) is 0 Å². The third-order valence-corrected chi connectivity index (χ3v) is 4.99. The van der Waals surface area contributed by atoms with E-state index in [1.165, 1.54) is 0 Å². The minimum atomic E-state index is -0.380. The number of rotatable bonds is 0. The van der Waals surface area contributed by atoms with Crippen molar-refractivity contribution in [2.45, 2.75) is 46.6 Å². The van der Waals surface area contributed by atoms with Gasteiger partial charge in [0.05, 0.1) is 6.10 Å². The molecule has 0 aromatic heterocycles. The lowest BCUT2D eigenvalue weighted by atomic mass is 9.51. The number of aliphatic hydroxyl groups is 1. The SMILES string of the molecule is CC1=C2[C@H](O)C[C@]2(C)[C@H]2CC(C)(C)C=C2C1=O. The monoisotopic (exact) mass is 232 g/mol. The molecule has 0 spiro atoms. The van der Waals surface area contributed by atoms with Crippen LogP contribution in [0.25, 0.3) is 0 Å². The lowest BCUT2D eigenvalue weighted by Gasteiger charge is -2.54. The Labute approximate surface area is 102 Å². The summed E-state index contributed by atoms with van der Waals surface area (Å²) in [6.07, 6.45) is 3.63. The van der Waals surface area contributed by atoms with Crippen molar-refractivity contribution in [1.29, 1.82) is 0 Å². The van der Waals surface area contributed by atoms with E-state index in [0.717, 1.165) is 29.6 Å². The Kier molecular flexibility index (Phi) is 1.92. The molecule has 1 fully saturated rings. The Bertz CT molecular complexity index is 481. The highest BCUT2D eigenvalue weighted by atomic mass is 16.3. The van der Waals surface area contributed by atoms with Crippen LogP contribution in [0, 0.1) is 16.7 Å². The van der Waals surface area contributed by atoms with Gasteiger partial charge in [-0.3, -0.25) is 4.79 Å². The van der Waals surface area contributed by atoms with Crippen molar-refractivity contribution in [2.75, 3.05) is 0 Å². The van der Waals surface area contributed by atoms with E-state index in [0.29, 0.717) is 5.92 Å². The first-order chi connectivity index (χ1) is 7.76. The minimum Gasteiger partial charge on any atom is -0.389 e. The number of fused-ring (bicyclic) bond motifs is 3. The maximum atomic E-state index is 12.3. The number of allylic oxidation sites excluding steroid dienone is 3. The fraction of sp³-hybridized carbons (Fsp3) is 0.667. The highest BCUT2D eigenvalue weighted by Crippen LogP contribution is 2.63. The molecule has 0 aromatic rings. The fourth-order valence-corrected chi connectivity index (χ4v) is 4.22. The maximum Gasteiger partial charge on any atom is 0.184 e. The van der Waals surface area contributed by atoms with Crippen LogP contribution in [0.1, 0.15) is 40.5 Å². The zero-order chi connectivity index (χ0) is 12.6. The number of carbonyl (C=O) groups is 1. The van der Waals surface area contributed by atoms with E-state index < -0.39 is 0 Å². The highest BCUT2D eigenvalue weighted by Gasteiger charge is 2.58. The lowest BCUT2D eigenvalue weighted by Crippen LogP contribution is -2.51. The predicted octanol–water partition coefficient (Wildman–Crippen LogP) is 2.63. The molecule has 0 aliphatic heterocycles. The average Bonchev–Trinajstić information content (AvgIpc) is 2.51. The lowest BCUT2D eigenvalue weighted by molar-refractivity contribution is -0.115. The predicted molar refractivity (Wildman–Crippen MR) is 66.4 cm³/mol. The van der Waals surface area contributed by atoms with Crippen LogP contribution >= 0.6 is 0 Å². The highest BCUT2D eigenvalue weighted by molar-refractivity contribution is 6.11. The van der Waals surface area contributed by atoms with E-state index in [1.807, 2.05) is 6.92 Å². The molecule has 3 rings (SSSR count). The normalized spacial score (nSPS) is 42.9. The molecular weight excluding hydrogens is 212 g/mol. The van der Waals surface area contributed by atoms with Gasteiger partial charge in [0.25, 0.3) is 0 Å². The number of carbonyl (C=O) groups excluding carboxylic acids is 1.